The first-order chi connectivity index (χ1) is 8.67. The van der Waals surface area contributed by atoms with Crippen LogP contribution in [0.15, 0.2) is 29.3 Å². The summed E-state index contributed by atoms with van der Waals surface area (Å²) in [7, 11) is 3.49. The maximum absolute atomic E-state index is 10.5. The molecule has 0 bridgehead atoms. The first-order valence-electron chi connectivity index (χ1n) is 5.54. The average Bonchev–Trinajstić information content (AvgIpc) is 2.39. The number of non-ortho nitro benzene ring substituents is 1. The Labute approximate surface area is 105 Å². The summed E-state index contributed by atoms with van der Waals surface area (Å²) >= 11 is 0. The van der Waals surface area contributed by atoms with Crippen LogP contribution in [0.3, 0.4) is 0 Å². The summed E-state index contributed by atoms with van der Waals surface area (Å²) in [5.74, 6) is 0.723. The van der Waals surface area contributed by atoms with Gasteiger partial charge in [0.05, 0.1) is 4.92 Å². The number of nitro groups is 1. The Morgan fingerprint density at radius 3 is 2.50 bits per heavy atom. The summed E-state index contributed by atoms with van der Waals surface area (Å²) in [6, 6.07) is 6.32. The number of nitro benzene ring substituents is 1. The van der Waals surface area contributed by atoms with Gasteiger partial charge >= 0.3 is 0 Å². The number of guanidine groups is 1. The topological polar surface area (TPSA) is 91.6 Å². The van der Waals surface area contributed by atoms with Crippen LogP contribution in [0.4, 0.5) is 11.4 Å². The van der Waals surface area contributed by atoms with E-state index in [1.807, 2.05) is 0 Å². The molecule has 3 N–H and O–H groups in total. The van der Waals surface area contributed by atoms with Crippen LogP contribution in [0.2, 0.25) is 0 Å². The van der Waals surface area contributed by atoms with E-state index >= 15 is 0 Å². The highest BCUT2D eigenvalue weighted by molar-refractivity contribution is 5.79. The van der Waals surface area contributed by atoms with Gasteiger partial charge in [-0.2, -0.15) is 0 Å². The van der Waals surface area contributed by atoms with Gasteiger partial charge in [0, 0.05) is 45.0 Å². The van der Waals surface area contributed by atoms with Crippen LogP contribution in [-0.4, -0.2) is 38.1 Å². The van der Waals surface area contributed by atoms with E-state index in [1.165, 1.54) is 12.1 Å². The zero-order valence-corrected chi connectivity index (χ0v) is 10.4. The van der Waals surface area contributed by atoms with Gasteiger partial charge in [-0.3, -0.25) is 15.1 Å². The maximum Gasteiger partial charge on any atom is 0.269 e. The first kappa shape index (κ1) is 13.8. The molecule has 0 atom stereocenters. The van der Waals surface area contributed by atoms with E-state index in [1.54, 1.807) is 26.2 Å². The fourth-order valence-electron chi connectivity index (χ4n) is 1.37. The molecule has 1 aromatic carbocycles. The molecule has 0 unspecified atom stereocenters. The Kier molecular flexibility index (Phi) is 5.43. The van der Waals surface area contributed by atoms with Crippen molar-refractivity contribution in [3.05, 3.63) is 34.4 Å². The molecule has 7 heteroatoms. The van der Waals surface area contributed by atoms with Gasteiger partial charge in [0.15, 0.2) is 5.96 Å². The van der Waals surface area contributed by atoms with Gasteiger partial charge in [-0.25, -0.2) is 0 Å². The number of benzene rings is 1. The minimum absolute atomic E-state index is 0.0919. The van der Waals surface area contributed by atoms with Crippen LogP contribution in [0.25, 0.3) is 0 Å². The minimum Gasteiger partial charge on any atom is -0.383 e. The average molecular weight is 251 g/mol. The summed E-state index contributed by atoms with van der Waals surface area (Å²) in [5, 5.41) is 19.6. The molecule has 1 rings (SSSR count). The Balaban J connectivity index is 2.33. The molecule has 0 saturated carbocycles. The van der Waals surface area contributed by atoms with Crippen LogP contribution in [-0.2, 0) is 0 Å². The van der Waals surface area contributed by atoms with Crippen molar-refractivity contribution >= 4 is 17.3 Å². The van der Waals surface area contributed by atoms with Crippen molar-refractivity contribution < 1.29 is 4.92 Å². The predicted octanol–water partition coefficient (Wildman–Crippen LogP) is 0.801. The number of nitrogens with one attached hydrogen (secondary N) is 3. The third-order valence-electron chi connectivity index (χ3n) is 2.29. The molecule has 0 radical (unpaired) electrons. The highest BCUT2D eigenvalue weighted by Gasteiger charge is 2.03. The number of hydrogen-bond acceptors (Lipinski definition) is 4. The number of hydrogen-bond donors (Lipinski definition) is 3. The second-order valence-corrected chi connectivity index (χ2v) is 3.48. The summed E-state index contributed by atoms with van der Waals surface area (Å²) in [5.41, 5.74) is 0.941. The lowest BCUT2D eigenvalue weighted by atomic mass is 10.3. The van der Waals surface area contributed by atoms with Crippen LogP contribution >= 0.6 is 0 Å². The number of aliphatic imine (C=N–C) groups is 1. The molecule has 1 aromatic rings. The van der Waals surface area contributed by atoms with Crippen molar-refractivity contribution in [2.75, 3.05) is 32.5 Å². The zero-order chi connectivity index (χ0) is 13.4. The minimum atomic E-state index is -0.414. The highest BCUT2D eigenvalue weighted by Crippen LogP contribution is 2.14. The van der Waals surface area contributed by atoms with Crippen molar-refractivity contribution in [2.24, 2.45) is 4.99 Å². The van der Waals surface area contributed by atoms with Crippen LogP contribution in [0.1, 0.15) is 0 Å². The number of anilines is 1. The van der Waals surface area contributed by atoms with E-state index in [4.69, 9.17) is 0 Å². The molecule has 0 aliphatic carbocycles. The smallest absolute Gasteiger partial charge is 0.269 e. The van der Waals surface area contributed by atoms with Gasteiger partial charge in [-0.05, 0) is 12.1 Å². The summed E-state index contributed by atoms with van der Waals surface area (Å²) in [6.45, 7) is 1.39. The van der Waals surface area contributed by atoms with E-state index in [9.17, 15) is 10.1 Å². The SMILES string of the molecule is CN=C(NC)NCCNc1ccc([N+](=O)[O-])cc1. The zero-order valence-electron chi connectivity index (χ0n) is 10.4. The second-order valence-electron chi connectivity index (χ2n) is 3.48. The fourth-order valence-corrected chi connectivity index (χ4v) is 1.37. The van der Waals surface area contributed by atoms with Crippen molar-refractivity contribution in [1.82, 2.24) is 10.6 Å². The van der Waals surface area contributed by atoms with E-state index in [0.717, 1.165) is 11.6 Å². The van der Waals surface area contributed by atoms with Crippen molar-refractivity contribution in [1.29, 1.82) is 0 Å². The Hall–Kier alpha value is -2.31. The Bertz CT molecular complexity index is 416. The monoisotopic (exact) mass is 251 g/mol. The van der Waals surface area contributed by atoms with Crippen LogP contribution in [0, 0.1) is 10.1 Å². The molecule has 0 aromatic heterocycles. The standard InChI is InChI=1S/C11H17N5O2/c1-12-11(13-2)15-8-7-14-9-3-5-10(6-4-9)16(17)18/h3-6,14H,7-8H2,1-2H3,(H2,12,13,15). The molecule has 0 spiro atoms. The van der Waals surface area contributed by atoms with Crippen LogP contribution < -0.4 is 16.0 Å². The molecule has 0 saturated heterocycles. The van der Waals surface area contributed by atoms with Crippen LogP contribution in [0.5, 0.6) is 0 Å². The largest absolute Gasteiger partial charge is 0.383 e. The number of nitrogens with zero attached hydrogens (tertiary/aromatic N) is 2. The summed E-state index contributed by atoms with van der Waals surface area (Å²) in [6.07, 6.45) is 0. The molecular formula is C11H17N5O2. The van der Waals surface area contributed by atoms with Gasteiger partial charge in [0.2, 0.25) is 0 Å². The Morgan fingerprint density at radius 1 is 1.33 bits per heavy atom. The molecule has 0 aliphatic rings. The van der Waals surface area contributed by atoms with Crippen molar-refractivity contribution in [2.45, 2.75) is 0 Å². The molecule has 0 aliphatic heterocycles. The summed E-state index contributed by atoms with van der Waals surface area (Å²) < 4.78 is 0. The van der Waals surface area contributed by atoms with Gasteiger partial charge in [0.1, 0.15) is 0 Å². The lowest BCUT2D eigenvalue weighted by Gasteiger charge is -2.09. The van der Waals surface area contributed by atoms with E-state index < -0.39 is 4.92 Å². The van der Waals surface area contributed by atoms with Crippen molar-refractivity contribution in [3.63, 3.8) is 0 Å². The van der Waals surface area contributed by atoms with E-state index in [-0.39, 0.29) is 5.69 Å². The molecule has 0 fully saturated rings. The third-order valence-corrected chi connectivity index (χ3v) is 2.29. The molecule has 0 amide bonds. The van der Waals surface area contributed by atoms with E-state index in [2.05, 4.69) is 20.9 Å². The predicted molar refractivity (Wildman–Crippen MR) is 72.0 cm³/mol. The van der Waals surface area contributed by atoms with Gasteiger partial charge in [-0.15, -0.1) is 0 Å². The molecule has 18 heavy (non-hydrogen) atoms. The summed E-state index contributed by atoms with van der Waals surface area (Å²) in [4.78, 5) is 14.0. The van der Waals surface area contributed by atoms with E-state index in [0.29, 0.717) is 13.1 Å². The quantitative estimate of drug-likeness (QED) is 0.237. The van der Waals surface area contributed by atoms with Gasteiger partial charge in [0.25, 0.3) is 5.69 Å². The number of rotatable bonds is 5. The highest BCUT2D eigenvalue weighted by atomic mass is 16.6. The third kappa shape index (κ3) is 4.28. The lowest BCUT2D eigenvalue weighted by molar-refractivity contribution is -0.384. The van der Waals surface area contributed by atoms with Crippen molar-refractivity contribution in [3.8, 4) is 0 Å². The first-order valence-corrected chi connectivity index (χ1v) is 5.54. The van der Waals surface area contributed by atoms with Gasteiger partial charge < -0.3 is 16.0 Å². The second kappa shape index (κ2) is 7.10. The maximum atomic E-state index is 10.5. The van der Waals surface area contributed by atoms with Gasteiger partial charge in [-0.1, -0.05) is 0 Å². The molecule has 0 heterocycles. The normalized spacial score (nSPS) is 10.9. The lowest BCUT2D eigenvalue weighted by Crippen LogP contribution is -2.37. The molecule has 98 valence electrons. The molecule has 7 nitrogen and oxygen atoms in total. The fraction of sp³-hybridized carbons (Fsp3) is 0.364. The molecular weight excluding hydrogens is 234 g/mol. The Morgan fingerprint density at radius 2 is 2.00 bits per heavy atom.